The van der Waals surface area contributed by atoms with Crippen molar-refractivity contribution in [2.45, 2.75) is 24.8 Å². The number of hydrogen-bond acceptors (Lipinski definition) is 6. The topological polar surface area (TPSA) is 82.4 Å². The van der Waals surface area contributed by atoms with Crippen molar-refractivity contribution in [1.29, 1.82) is 4.78 Å². The number of rotatable bonds is 3. The molecule has 1 spiro atoms. The Labute approximate surface area is 148 Å². The highest BCUT2D eigenvalue weighted by atomic mass is 32.2. The molecule has 0 amide bonds. The van der Waals surface area contributed by atoms with Gasteiger partial charge in [-0.25, -0.2) is 23.3 Å². The largest absolute Gasteiger partial charge is 0.494 e. The molecule has 8 heteroatoms. The van der Waals surface area contributed by atoms with Gasteiger partial charge in [0.15, 0.2) is 0 Å². The molecule has 25 heavy (non-hydrogen) atoms. The molecule has 134 valence electrons. The standard InChI is InChI=1S/C17H23N5O2S/c1-24-14-5-3-4-13-15(14)19-12-20-16(13)21-9-6-17(7-10-21)8-11-22(17)25(2,18)23/h3-5,12,18H,6-11H2,1-2H3. The summed E-state index contributed by atoms with van der Waals surface area (Å²) in [5.41, 5.74) is 0.758. The summed E-state index contributed by atoms with van der Waals surface area (Å²) in [5.74, 6) is 1.67. The van der Waals surface area contributed by atoms with Crippen LogP contribution in [0.25, 0.3) is 10.9 Å². The van der Waals surface area contributed by atoms with Crippen LogP contribution in [-0.2, 0) is 9.92 Å². The molecule has 0 bridgehead atoms. The molecule has 2 saturated heterocycles. The van der Waals surface area contributed by atoms with Crippen LogP contribution in [0.15, 0.2) is 24.5 Å². The number of benzene rings is 1. The van der Waals surface area contributed by atoms with E-state index in [0.717, 1.165) is 61.4 Å². The fourth-order valence-corrected chi connectivity index (χ4v) is 5.61. The van der Waals surface area contributed by atoms with E-state index in [1.54, 1.807) is 13.4 Å². The Balaban J connectivity index is 1.61. The summed E-state index contributed by atoms with van der Waals surface area (Å²) in [6.45, 7) is 2.46. The molecule has 3 heterocycles. The van der Waals surface area contributed by atoms with Crippen molar-refractivity contribution in [1.82, 2.24) is 14.3 Å². The molecule has 4 rings (SSSR count). The first-order valence-corrected chi connectivity index (χ1v) is 10.4. The van der Waals surface area contributed by atoms with Crippen LogP contribution in [0.3, 0.4) is 0 Å². The summed E-state index contributed by atoms with van der Waals surface area (Å²) < 4.78 is 27.4. The van der Waals surface area contributed by atoms with Gasteiger partial charge in [0.1, 0.15) is 33.3 Å². The second-order valence-electron chi connectivity index (χ2n) is 6.92. The predicted molar refractivity (Wildman–Crippen MR) is 98.4 cm³/mol. The van der Waals surface area contributed by atoms with Crippen LogP contribution < -0.4 is 9.64 Å². The van der Waals surface area contributed by atoms with Crippen LogP contribution in [0.5, 0.6) is 5.75 Å². The van der Waals surface area contributed by atoms with E-state index in [-0.39, 0.29) is 5.54 Å². The number of piperidine rings is 1. The van der Waals surface area contributed by atoms with E-state index in [1.807, 2.05) is 22.5 Å². The molecule has 0 aliphatic carbocycles. The molecule has 2 aromatic rings. The molecule has 2 aliphatic rings. The fourth-order valence-electron chi connectivity index (χ4n) is 4.16. The van der Waals surface area contributed by atoms with Crippen molar-refractivity contribution in [2.24, 2.45) is 0 Å². The third-order valence-corrected chi connectivity index (χ3v) is 6.96. The van der Waals surface area contributed by atoms with E-state index in [4.69, 9.17) is 9.52 Å². The molecule has 2 aliphatic heterocycles. The second kappa shape index (κ2) is 5.81. The summed E-state index contributed by atoms with van der Waals surface area (Å²) in [4.78, 5) is 11.2. The summed E-state index contributed by atoms with van der Waals surface area (Å²) in [6, 6.07) is 5.89. The maximum absolute atomic E-state index is 12.2. The van der Waals surface area contributed by atoms with Crippen molar-refractivity contribution >= 4 is 26.6 Å². The van der Waals surface area contributed by atoms with Gasteiger partial charge in [0, 0.05) is 36.8 Å². The first kappa shape index (κ1) is 16.5. The maximum Gasteiger partial charge on any atom is 0.145 e. The first-order valence-electron chi connectivity index (χ1n) is 8.49. The third-order valence-electron chi connectivity index (χ3n) is 5.55. The lowest BCUT2D eigenvalue weighted by Gasteiger charge is -2.56. The quantitative estimate of drug-likeness (QED) is 0.907. The zero-order valence-electron chi connectivity index (χ0n) is 14.6. The van der Waals surface area contributed by atoms with Gasteiger partial charge in [-0.3, -0.25) is 0 Å². The van der Waals surface area contributed by atoms with Crippen LogP contribution in [0.2, 0.25) is 0 Å². The number of nitrogens with one attached hydrogen (secondary N) is 1. The van der Waals surface area contributed by atoms with Crippen LogP contribution in [0, 0.1) is 4.78 Å². The number of hydrogen-bond donors (Lipinski definition) is 1. The molecule has 0 saturated carbocycles. The second-order valence-corrected chi connectivity index (χ2v) is 8.97. The van der Waals surface area contributed by atoms with E-state index in [1.165, 1.54) is 6.26 Å². The Morgan fingerprint density at radius 1 is 1.20 bits per heavy atom. The Hall–Kier alpha value is -1.93. The molecule has 2 fully saturated rings. The Morgan fingerprint density at radius 3 is 2.52 bits per heavy atom. The van der Waals surface area contributed by atoms with Crippen molar-refractivity contribution in [3.63, 3.8) is 0 Å². The van der Waals surface area contributed by atoms with E-state index >= 15 is 0 Å². The van der Waals surface area contributed by atoms with Gasteiger partial charge >= 0.3 is 0 Å². The first-order chi connectivity index (χ1) is 11.9. The number of fused-ring (bicyclic) bond motifs is 1. The van der Waals surface area contributed by atoms with Gasteiger partial charge in [-0.1, -0.05) is 6.07 Å². The summed E-state index contributed by atoms with van der Waals surface area (Å²) >= 11 is 0. The molecule has 1 unspecified atom stereocenters. The van der Waals surface area contributed by atoms with Crippen LogP contribution >= 0.6 is 0 Å². The molecule has 7 nitrogen and oxygen atoms in total. The minimum absolute atomic E-state index is 0.0649. The Bertz CT molecular complexity index is 906. The van der Waals surface area contributed by atoms with Gasteiger partial charge in [0.25, 0.3) is 0 Å². The fraction of sp³-hybridized carbons (Fsp3) is 0.529. The average Bonchev–Trinajstić information content (AvgIpc) is 2.58. The number of methoxy groups -OCH3 is 1. The van der Waals surface area contributed by atoms with Crippen LogP contribution in [-0.4, -0.2) is 57.0 Å². The van der Waals surface area contributed by atoms with E-state index in [2.05, 4.69) is 14.9 Å². The average molecular weight is 361 g/mol. The normalized spacial score (nSPS) is 22.6. The number of para-hydroxylation sites is 1. The highest BCUT2D eigenvalue weighted by Crippen LogP contribution is 2.43. The minimum Gasteiger partial charge on any atom is -0.494 e. The Morgan fingerprint density at radius 2 is 1.92 bits per heavy atom. The summed E-state index contributed by atoms with van der Waals surface area (Å²) in [5, 5.41) is 0.989. The van der Waals surface area contributed by atoms with Crippen molar-refractivity contribution in [2.75, 3.05) is 37.9 Å². The van der Waals surface area contributed by atoms with Gasteiger partial charge < -0.3 is 9.64 Å². The number of anilines is 1. The lowest BCUT2D eigenvalue weighted by molar-refractivity contribution is 0.0496. The molecule has 0 radical (unpaired) electrons. The van der Waals surface area contributed by atoms with E-state index in [9.17, 15) is 4.21 Å². The number of ether oxygens (including phenoxy) is 1. The summed E-state index contributed by atoms with van der Waals surface area (Å²) in [7, 11) is -0.979. The molecule has 1 N–H and O–H groups in total. The minimum atomic E-state index is -2.63. The molecular formula is C17H23N5O2S. The third kappa shape index (κ3) is 2.64. The van der Waals surface area contributed by atoms with Gasteiger partial charge in [-0.05, 0) is 31.4 Å². The molecule has 1 atom stereocenters. The SMILES string of the molecule is COc1cccc2c(N3CCC4(CC3)CCN4S(C)(=N)=O)ncnc12. The van der Waals surface area contributed by atoms with E-state index < -0.39 is 9.92 Å². The lowest BCUT2D eigenvalue weighted by Crippen LogP contribution is -2.65. The number of nitrogens with zero attached hydrogens (tertiary/aromatic N) is 4. The maximum atomic E-state index is 12.2. The van der Waals surface area contributed by atoms with Crippen LogP contribution in [0.4, 0.5) is 5.82 Å². The van der Waals surface area contributed by atoms with E-state index in [0.29, 0.717) is 0 Å². The zero-order chi connectivity index (χ0) is 17.7. The highest BCUT2D eigenvalue weighted by Gasteiger charge is 2.49. The molecule has 1 aromatic carbocycles. The van der Waals surface area contributed by atoms with Crippen molar-refractivity contribution in [3.05, 3.63) is 24.5 Å². The molecular weight excluding hydrogens is 338 g/mol. The smallest absolute Gasteiger partial charge is 0.145 e. The monoisotopic (exact) mass is 361 g/mol. The zero-order valence-corrected chi connectivity index (χ0v) is 15.4. The van der Waals surface area contributed by atoms with Crippen molar-refractivity contribution < 1.29 is 8.95 Å². The number of aromatic nitrogens is 2. The predicted octanol–water partition coefficient (Wildman–Crippen LogP) is 2.27. The lowest BCUT2D eigenvalue weighted by atomic mass is 9.79. The summed E-state index contributed by atoms with van der Waals surface area (Å²) in [6.07, 6.45) is 5.97. The van der Waals surface area contributed by atoms with Crippen LogP contribution in [0.1, 0.15) is 19.3 Å². The van der Waals surface area contributed by atoms with Crippen molar-refractivity contribution in [3.8, 4) is 5.75 Å². The molecule has 1 aromatic heterocycles. The Kier molecular flexibility index (Phi) is 3.84. The van der Waals surface area contributed by atoms with Gasteiger partial charge in [0.2, 0.25) is 0 Å². The van der Waals surface area contributed by atoms with Gasteiger partial charge in [0.05, 0.1) is 7.11 Å². The highest BCUT2D eigenvalue weighted by molar-refractivity contribution is 7.89. The van der Waals surface area contributed by atoms with Gasteiger partial charge in [-0.15, -0.1) is 0 Å². The van der Waals surface area contributed by atoms with Gasteiger partial charge in [-0.2, -0.15) is 0 Å².